The number of benzene rings is 2. The maximum absolute atomic E-state index is 13.0. The molecule has 0 aliphatic carbocycles. The molecule has 0 amide bonds. The molecule has 1 aliphatic rings. The molecule has 3 rings (SSSR count). The molecule has 0 radical (unpaired) electrons. The van der Waals surface area contributed by atoms with E-state index in [1.807, 2.05) is 4.90 Å². The minimum Gasteiger partial charge on any atom is -0.368 e. The van der Waals surface area contributed by atoms with E-state index in [4.69, 9.17) is 46.4 Å². The van der Waals surface area contributed by atoms with Gasteiger partial charge in [0.25, 0.3) is 0 Å². The van der Waals surface area contributed by atoms with Crippen molar-refractivity contribution in [3.8, 4) is 0 Å². The minimum absolute atomic E-state index is 0.0790. The molecule has 1 heterocycles. The summed E-state index contributed by atoms with van der Waals surface area (Å²) in [5.41, 5.74) is 1.47. The Morgan fingerprint density at radius 2 is 1.50 bits per heavy atom. The molecule has 0 N–H and O–H groups in total. The fourth-order valence-corrected chi connectivity index (χ4v) is 5.50. The Morgan fingerprint density at radius 1 is 0.846 bits per heavy atom. The number of anilines is 1. The van der Waals surface area contributed by atoms with Crippen LogP contribution in [0, 0.1) is 6.92 Å². The van der Waals surface area contributed by atoms with Crippen molar-refractivity contribution in [2.24, 2.45) is 0 Å². The first kappa shape index (κ1) is 20.1. The van der Waals surface area contributed by atoms with Crippen LogP contribution in [0.3, 0.4) is 0 Å². The third-order valence-corrected chi connectivity index (χ3v) is 7.64. The van der Waals surface area contributed by atoms with E-state index in [9.17, 15) is 8.42 Å². The number of piperazine rings is 1. The number of sulfonamides is 1. The van der Waals surface area contributed by atoms with Crippen LogP contribution in [-0.4, -0.2) is 38.9 Å². The van der Waals surface area contributed by atoms with Crippen LogP contribution < -0.4 is 4.90 Å². The second kappa shape index (κ2) is 7.74. The number of rotatable bonds is 3. The molecule has 26 heavy (non-hydrogen) atoms. The average molecular weight is 454 g/mol. The summed E-state index contributed by atoms with van der Waals surface area (Å²) in [6.45, 7) is 3.40. The van der Waals surface area contributed by atoms with Crippen LogP contribution in [0.5, 0.6) is 0 Å². The highest BCUT2D eigenvalue weighted by atomic mass is 35.5. The number of aryl methyl sites for hydroxylation is 1. The predicted molar refractivity (Wildman–Crippen MR) is 109 cm³/mol. The largest absolute Gasteiger partial charge is 0.368 e. The molecule has 9 heteroatoms. The van der Waals surface area contributed by atoms with Crippen molar-refractivity contribution in [1.29, 1.82) is 0 Å². The Bertz CT molecular complexity index is 942. The van der Waals surface area contributed by atoms with E-state index in [0.29, 0.717) is 46.8 Å². The molecule has 1 saturated heterocycles. The summed E-state index contributed by atoms with van der Waals surface area (Å²) in [6.07, 6.45) is 0. The van der Waals surface area contributed by atoms with Crippen LogP contribution in [0.25, 0.3) is 0 Å². The summed E-state index contributed by atoms with van der Waals surface area (Å²) in [6, 6.07) is 8.22. The van der Waals surface area contributed by atoms with Gasteiger partial charge in [0.15, 0.2) is 0 Å². The molecule has 2 aromatic rings. The van der Waals surface area contributed by atoms with E-state index in [1.165, 1.54) is 16.4 Å². The second-order valence-corrected chi connectivity index (χ2v) is 9.58. The Hall–Kier alpha value is -0.690. The highest BCUT2D eigenvalue weighted by Crippen LogP contribution is 2.33. The third-order valence-electron chi connectivity index (χ3n) is 4.32. The topological polar surface area (TPSA) is 40.6 Å². The zero-order valence-corrected chi connectivity index (χ0v) is 17.7. The quantitative estimate of drug-likeness (QED) is 0.647. The first-order valence-electron chi connectivity index (χ1n) is 7.86. The molecule has 0 unspecified atom stereocenters. The van der Waals surface area contributed by atoms with Crippen LogP contribution >= 0.6 is 46.4 Å². The van der Waals surface area contributed by atoms with Crippen molar-refractivity contribution in [2.75, 3.05) is 31.1 Å². The molecule has 0 saturated carbocycles. The van der Waals surface area contributed by atoms with E-state index in [1.54, 1.807) is 25.1 Å². The van der Waals surface area contributed by atoms with Gasteiger partial charge in [-0.05, 0) is 42.8 Å². The van der Waals surface area contributed by atoms with Gasteiger partial charge in [-0.25, -0.2) is 8.42 Å². The number of nitrogens with zero attached hydrogens (tertiary/aromatic N) is 2. The van der Waals surface area contributed by atoms with Crippen LogP contribution in [0.2, 0.25) is 20.1 Å². The molecular formula is C17H16Cl4N2O2S. The van der Waals surface area contributed by atoms with Crippen molar-refractivity contribution >= 4 is 62.1 Å². The van der Waals surface area contributed by atoms with Gasteiger partial charge in [-0.3, -0.25) is 0 Å². The Kier molecular flexibility index (Phi) is 5.97. The number of hydrogen-bond donors (Lipinski definition) is 0. The lowest BCUT2D eigenvalue weighted by molar-refractivity contribution is 0.385. The van der Waals surface area contributed by atoms with Crippen LogP contribution in [-0.2, 0) is 10.0 Å². The number of halogens is 4. The van der Waals surface area contributed by atoms with E-state index in [-0.39, 0.29) is 9.92 Å². The molecule has 0 spiro atoms. The van der Waals surface area contributed by atoms with Gasteiger partial charge in [-0.1, -0.05) is 46.4 Å². The van der Waals surface area contributed by atoms with Gasteiger partial charge < -0.3 is 4.90 Å². The molecular weight excluding hydrogens is 438 g/mol. The lowest BCUT2D eigenvalue weighted by Crippen LogP contribution is -2.48. The third kappa shape index (κ3) is 3.93. The van der Waals surface area contributed by atoms with Gasteiger partial charge >= 0.3 is 0 Å². The summed E-state index contributed by atoms with van der Waals surface area (Å²) in [5, 5.41) is 1.74. The summed E-state index contributed by atoms with van der Waals surface area (Å²) in [4.78, 5) is 2.10. The molecule has 4 nitrogen and oxygen atoms in total. The predicted octanol–water partition coefficient (Wildman–Crippen LogP) is 5.12. The standard InChI is InChI=1S/C17H16Cl4N2O2S/c1-11-8-17(15(21)10-14(11)20)26(24,25)23-6-4-22(5-7-23)16-9-12(18)2-3-13(16)19/h2-3,8-10H,4-7H2,1H3. The maximum Gasteiger partial charge on any atom is 0.244 e. The lowest BCUT2D eigenvalue weighted by Gasteiger charge is -2.36. The molecule has 2 aromatic carbocycles. The normalized spacial score (nSPS) is 16.1. The van der Waals surface area contributed by atoms with Crippen LogP contribution in [0.1, 0.15) is 5.56 Å². The van der Waals surface area contributed by atoms with Gasteiger partial charge in [-0.15, -0.1) is 0 Å². The lowest BCUT2D eigenvalue weighted by atomic mass is 10.2. The van der Waals surface area contributed by atoms with E-state index in [2.05, 4.69) is 0 Å². The van der Waals surface area contributed by atoms with Crippen LogP contribution in [0.15, 0.2) is 35.2 Å². The zero-order chi connectivity index (χ0) is 19.1. The van der Waals surface area contributed by atoms with Crippen molar-refractivity contribution in [3.05, 3.63) is 56.0 Å². The van der Waals surface area contributed by atoms with E-state index in [0.717, 1.165) is 5.69 Å². The summed E-state index contributed by atoms with van der Waals surface area (Å²) >= 11 is 24.4. The molecule has 140 valence electrons. The first-order valence-corrected chi connectivity index (χ1v) is 10.8. The Balaban J connectivity index is 1.81. The molecule has 0 atom stereocenters. The van der Waals surface area contributed by atoms with Crippen molar-refractivity contribution < 1.29 is 8.42 Å². The molecule has 0 aromatic heterocycles. The summed E-state index contributed by atoms with van der Waals surface area (Å²) in [7, 11) is -3.70. The summed E-state index contributed by atoms with van der Waals surface area (Å²) in [5.74, 6) is 0. The number of hydrogen-bond acceptors (Lipinski definition) is 3. The van der Waals surface area contributed by atoms with Crippen LogP contribution in [0.4, 0.5) is 5.69 Å². The van der Waals surface area contributed by atoms with E-state index >= 15 is 0 Å². The SMILES string of the molecule is Cc1cc(S(=O)(=O)N2CCN(c3cc(Cl)ccc3Cl)CC2)c(Cl)cc1Cl. The first-order chi connectivity index (χ1) is 12.2. The maximum atomic E-state index is 13.0. The van der Waals surface area contributed by atoms with Crippen molar-refractivity contribution in [2.45, 2.75) is 11.8 Å². The van der Waals surface area contributed by atoms with Crippen molar-refractivity contribution in [3.63, 3.8) is 0 Å². The van der Waals surface area contributed by atoms with Gasteiger partial charge in [-0.2, -0.15) is 4.31 Å². The molecule has 1 aliphatic heterocycles. The fraction of sp³-hybridized carbons (Fsp3) is 0.294. The average Bonchev–Trinajstić information content (AvgIpc) is 2.60. The van der Waals surface area contributed by atoms with Crippen molar-refractivity contribution in [1.82, 2.24) is 4.31 Å². The zero-order valence-electron chi connectivity index (χ0n) is 13.8. The molecule has 1 fully saturated rings. The monoisotopic (exact) mass is 452 g/mol. The van der Waals surface area contributed by atoms with Gasteiger partial charge in [0.2, 0.25) is 10.0 Å². The fourth-order valence-electron chi connectivity index (χ4n) is 2.87. The second-order valence-electron chi connectivity index (χ2n) is 6.02. The molecule has 0 bridgehead atoms. The van der Waals surface area contributed by atoms with Gasteiger partial charge in [0.05, 0.1) is 15.7 Å². The minimum atomic E-state index is -3.70. The smallest absolute Gasteiger partial charge is 0.244 e. The summed E-state index contributed by atoms with van der Waals surface area (Å²) < 4.78 is 27.4. The Labute approximate surface area is 173 Å². The highest BCUT2D eigenvalue weighted by molar-refractivity contribution is 7.89. The van der Waals surface area contributed by atoms with Gasteiger partial charge in [0, 0.05) is 36.2 Å². The Morgan fingerprint density at radius 3 is 2.15 bits per heavy atom. The van der Waals surface area contributed by atoms with Gasteiger partial charge in [0.1, 0.15) is 4.90 Å². The highest BCUT2D eigenvalue weighted by Gasteiger charge is 2.31. The van der Waals surface area contributed by atoms with E-state index < -0.39 is 10.0 Å².